The summed E-state index contributed by atoms with van der Waals surface area (Å²) in [6, 6.07) is 9.43. The first-order valence-corrected chi connectivity index (χ1v) is 9.41. The van der Waals surface area contributed by atoms with Gasteiger partial charge in [0.05, 0.1) is 17.1 Å². The summed E-state index contributed by atoms with van der Waals surface area (Å²) in [6.45, 7) is 6.26. The normalized spacial score (nSPS) is 15.0. The number of nitrogens with zero attached hydrogens (tertiary/aromatic N) is 3. The Morgan fingerprint density at radius 3 is 2.50 bits per heavy atom. The molecule has 1 aliphatic heterocycles. The predicted octanol–water partition coefficient (Wildman–Crippen LogP) is 3.01. The molecule has 0 saturated carbocycles. The van der Waals surface area contributed by atoms with E-state index >= 15 is 0 Å². The Morgan fingerprint density at radius 2 is 1.92 bits per heavy atom. The van der Waals surface area contributed by atoms with Gasteiger partial charge in [0.1, 0.15) is 5.75 Å². The van der Waals surface area contributed by atoms with Crippen molar-refractivity contribution < 1.29 is 14.5 Å². The van der Waals surface area contributed by atoms with Crippen molar-refractivity contribution in [3.63, 3.8) is 0 Å². The molecule has 0 bridgehead atoms. The van der Waals surface area contributed by atoms with Gasteiger partial charge >= 0.3 is 5.00 Å². The molecule has 138 valence electrons. The Hall–Kier alpha value is -2.45. The van der Waals surface area contributed by atoms with E-state index in [1.165, 1.54) is 11.6 Å². The van der Waals surface area contributed by atoms with Crippen LogP contribution in [0.2, 0.25) is 0 Å². The zero-order valence-electron chi connectivity index (χ0n) is 14.6. The first kappa shape index (κ1) is 18.3. The number of hydrogen-bond donors (Lipinski definition) is 0. The molecule has 0 unspecified atom stereocenters. The molecule has 3 rings (SSSR count). The lowest BCUT2D eigenvalue weighted by Crippen LogP contribution is -2.48. The number of piperazine rings is 1. The number of carbonyl (C=O) groups is 1. The van der Waals surface area contributed by atoms with Crippen LogP contribution in [-0.4, -0.2) is 53.4 Å². The van der Waals surface area contributed by atoms with Crippen molar-refractivity contribution in [2.45, 2.75) is 13.5 Å². The third kappa shape index (κ3) is 4.39. The van der Waals surface area contributed by atoms with Crippen molar-refractivity contribution in [2.75, 3.05) is 32.8 Å². The number of thiophene rings is 1. The quantitative estimate of drug-likeness (QED) is 0.573. The molecule has 8 heteroatoms. The largest absolute Gasteiger partial charge is 0.494 e. The number of nitro groups is 1. The average molecular weight is 375 g/mol. The second-order valence-corrected chi connectivity index (χ2v) is 6.97. The van der Waals surface area contributed by atoms with E-state index in [1.807, 2.05) is 19.1 Å². The fraction of sp³-hybridized carbons (Fsp3) is 0.389. The molecule has 26 heavy (non-hydrogen) atoms. The molecule has 2 heterocycles. The van der Waals surface area contributed by atoms with Crippen LogP contribution in [0.4, 0.5) is 5.00 Å². The van der Waals surface area contributed by atoms with Crippen LogP contribution in [0.25, 0.3) is 0 Å². The molecule has 1 saturated heterocycles. The lowest BCUT2D eigenvalue weighted by Gasteiger charge is -2.34. The molecule has 1 aliphatic rings. The van der Waals surface area contributed by atoms with E-state index in [1.54, 1.807) is 10.3 Å². The van der Waals surface area contributed by atoms with Crippen LogP contribution in [0.1, 0.15) is 22.8 Å². The monoisotopic (exact) mass is 375 g/mol. The minimum Gasteiger partial charge on any atom is -0.494 e. The molecule has 1 aromatic carbocycles. The summed E-state index contributed by atoms with van der Waals surface area (Å²) in [7, 11) is 0. The highest BCUT2D eigenvalue weighted by atomic mass is 32.1. The molecule has 1 amide bonds. The van der Waals surface area contributed by atoms with E-state index in [0.717, 1.165) is 36.7 Å². The van der Waals surface area contributed by atoms with Crippen LogP contribution < -0.4 is 4.74 Å². The zero-order chi connectivity index (χ0) is 18.5. The Morgan fingerprint density at radius 1 is 1.23 bits per heavy atom. The lowest BCUT2D eigenvalue weighted by atomic mass is 10.2. The predicted molar refractivity (Wildman–Crippen MR) is 99.8 cm³/mol. The second-order valence-electron chi connectivity index (χ2n) is 6.08. The highest BCUT2D eigenvalue weighted by Gasteiger charge is 2.24. The first-order valence-electron chi connectivity index (χ1n) is 8.53. The Balaban J connectivity index is 1.51. The van der Waals surface area contributed by atoms with Crippen LogP contribution in [0.5, 0.6) is 5.75 Å². The number of ether oxygens (including phenoxy) is 1. The molecule has 0 spiro atoms. The van der Waals surface area contributed by atoms with Gasteiger partial charge in [-0.05, 0) is 24.6 Å². The van der Waals surface area contributed by atoms with E-state index in [2.05, 4.69) is 17.0 Å². The van der Waals surface area contributed by atoms with Crippen molar-refractivity contribution in [1.82, 2.24) is 9.80 Å². The molecular formula is C18H21N3O4S. The van der Waals surface area contributed by atoms with Crippen molar-refractivity contribution in [3.05, 3.63) is 57.0 Å². The average Bonchev–Trinajstić information content (AvgIpc) is 3.14. The zero-order valence-corrected chi connectivity index (χ0v) is 15.4. The number of benzene rings is 1. The van der Waals surface area contributed by atoms with Crippen LogP contribution in [-0.2, 0) is 6.54 Å². The molecule has 0 radical (unpaired) electrons. The SMILES string of the molecule is CCOc1ccc(CN2CCN(C(=O)c3csc([N+](=O)[O-])c3)CC2)cc1. The van der Waals surface area contributed by atoms with E-state index in [4.69, 9.17) is 4.74 Å². The van der Waals surface area contributed by atoms with Gasteiger partial charge in [0.2, 0.25) is 0 Å². The minimum absolute atomic E-state index is 0.00230. The summed E-state index contributed by atoms with van der Waals surface area (Å²) >= 11 is 0.990. The summed E-state index contributed by atoms with van der Waals surface area (Å²) in [6.07, 6.45) is 0. The number of rotatable bonds is 6. The maximum atomic E-state index is 12.5. The van der Waals surface area contributed by atoms with E-state index < -0.39 is 4.92 Å². The highest BCUT2D eigenvalue weighted by Crippen LogP contribution is 2.24. The summed E-state index contributed by atoms with van der Waals surface area (Å²) in [5.41, 5.74) is 1.61. The molecule has 0 atom stereocenters. The Kier molecular flexibility index (Phi) is 5.85. The number of amides is 1. The molecule has 7 nitrogen and oxygen atoms in total. The molecule has 0 N–H and O–H groups in total. The van der Waals surface area contributed by atoms with E-state index in [9.17, 15) is 14.9 Å². The van der Waals surface area contributed by atoms with Gasteiger partial charge in [-0.2, -0.15) is 0 Å². The van der Waals surface area contributed by atoms with Gasteiger partial charge in [-0.25, -0.2) is 0 Å². The Bertz CT molecular complexity index is 767. The lowest BCUT2D eigenvalue weighted by molar-refractivity contribution is -0.380. The third-order valence-corrected chi connectivity index (χ3v) is 5.19. The van der Waals surface area contributed by atoms with Gasteiger partial charge in [0, 0.05) is 44.2 Å². The highest BCUT2D eigenvalue weighted by molar-refractivity contribution is 7.13. The number of hydrogen-bond acceptors (Lipinski definition) is 6. The van der Waals surface area contributed by atoms with Crippen molar-refractivity contribution >= 4 is 22.2 Å². The smallest absolute Gasteiger partial charge is 0.324 e. The Labute approximate surface area is 155 Å². The number of carbonyl (C=O) groups excluding carboxylic acids is 1. The van der Waals surface area contributed by atoms with Gasteiger partial charge in [-0.3, -0.25) is 19.8 Å². The molecule has 1 aromatic heterocycles. The fourth-order valence-corrected chi connectivity index (χ4v) is 3.64. The molecule has 0 aliphatic carbocycles. The maximum Gasteiger partial charge on any atom is 0.324 e. The van der Waals surface area contributed by atoms with Crippen molar-refractivity contribution in [1.29, 1.82) is 0 Å². The first-order chi connectivity index (χ1) is 12.6. The molecule has 2 aromatic rings. The van der Waals surface area contributed by atoms with Crippen molar-refractivity contribution in [2.24, 2.45) is 0 Å². The second kappa shape index (κ2) is 8.29. The van der Waals surface area contributed by atoms with Gasteiger partial charge in [0.25, 0.3) is 5.91 Å². The third-order valence-electron chi connectivity index (χ3n) is 4.31. The standard InChI is InChI=1S/C18H21N3O4S/c1-2-25-16-5-3-14(4-6-16)12-19-7-9-20(10-8-19)18(22)15-11-17(21(23)24)26-13-15/h3-6,11,13H,2,7-10,12H2,1H3. The molecule has 1 fully saturated rings. The summed E-state index contributed by atoms with van der Waals surface area (Å²) < 4.78 is 5.45. The fourth-order valence-electron chi connectivity index (χ4n) is 2.94. The van der Waals surface area contributed by atoms with Crippen LogP contribution in [0, 0.1) is 10.1 Å². The summed E-state index contributed by atoms with van der Waals surface area (Å²) in [4.78, 5) is 26.8. The summed E-state index contributed by atoms with van der Waals surface area (Å²) in [5, 5.41) is 12.3. The maximum absolute atomic E-state index is 12.5. The summed E-state index contributed by atoms with van der Waals surface area (Å²) in [5.74, 6) is 0.742. The van der Waals surface area contributed by atoms with Crippen molar-refractivity contribution in [3.8, 4) is 5.75 Å². The van der Waals surface area contributed by atoms with Crippen LogP contribution >= 0.6 is 11.3 Å². The van der Waals surface area contributed by atoms with Crippen LogP contribution in [0.3, 0.4) is 0 Å². The molecular weight excluding hydrogens is 354 g/mol. The van der Waals surface area contributed by atoms with E-state index in [0.29, 0.717) is 25.3 Å². The van der Waals surface area contributed by atoms with Crippen LogP contribution in [0.15, 0.2) is 35.7 Å². The van der Waals surface area contributed by atoms with Gasteiger partial charge in [0.15, 0.2) is 0 Å². The van der Waals surface area contributed by atoms with Gasteiger partial charge < -0.3 is 9.64 Å². The van der Waals surface area contributed by atoms with E-state index in [-0.39, 0.29) is 10.9 Å². The van der Waals surface area contributed by atoms with Gasteiger partial charge in [-0.1, -0.05) is 23.5 Å². The minimum atomic E-state index is -0.462. The topological polar surface area (TPSA) is 75.9 Å². The van der Waals surface area contributed by atoms with Gasteiger partial charge in [-0.15, -0.1) is 0 Å².